The number of nitrogens with one attached hydrogen (secondary N) is 1. The van der Waals surface area contributed by atoms with Gasteiger partial charge in [0.15, 0.2) is 5.82 Å². The SMILES string of the molecule is Cc1cc(-c2n[nH]c(C3CCCCC3)n2)c(N)s1. The van der Waals surface area contributed by atoms with Gasteiger partial charge in [0.2, 0.25) is 0 Å². The van der Waals surface area contributed by atoms with E-state index < -0.39 is 0 Å². The predicted octanol–water partition coefficient (Wildman–Crippen LogP) is 3.47. The van der Waals surface area contributed by atoms with E-state index in [4.69, 9.17) is 5.73 Å². The second kappa shape index (κ2) is 4.72. The summed E-state index contributed by atoms with van der Waals surface area (Å²) in [5.74, 6) is 2.34. The van der Waals surface area contributed by atoms with Crippen molar-refractivity contribution in [3.63, 3.8) is 0 Å². The number of rotatable bonds is 2. The zero-order valence-electron chi connectivity index (χ0n) is 10.6. The molecule has 0 spiro atoms. The van der Waals surface area contributed by atoms with Gasteiger partial charge in [0.25, 0.3) is 0 Å². The number of hydrogen-bond donors (Lipinski definition) is 2. The van der Waals surface area contributed by atoms with Crippen molar-refractivity contribution in [1.82, 2.24) is 15.2 Å². The van der Waals surface area contributed by atoms with Crippen molar-refractivity contribution in [2.24, 2.45) is 0 Å². The molecular formula is C13H18N4S. The van der Waals surface area contributed by atoms with Gasteiger partial charge in [0.1, 0.15) is 5.82 Å². The first-order valence-electron chi connectivity index (χ1n) is 6.52. The normalized spacial score (nSPS) is 17.2. The van der Waals surface area contributed by atoms with Crippen molar-refractivity contribution in [3.05, 3.63) is 16.8 Å². The largest absolute Gasteiger partial charge is 0.390 e. The van der Waals surface area contributed by atoms with E-state index in [0.717, 1.165) is 22.2 Å². The van der Waals surface area contributed by atoms with Crippen LogP contribution in [0.4, 0.5) is 5.00 Å². The third-order valence-corrected chi connectivity index (χ3v) is 4.50. The molecule has 5 heteroatoms. The summed E-state index contributed by atoms with van der Waals surface area (Å²) in [6.07, 6.45) is 6.43. The average molecular weight is 262 g/mol. The lowest BCUT2D eigenvalue weighted by Crippen LogP contribution is -2.06. The highest BCUT2D eigenvalue weighted by molar-refractivity contribution is 7.16. The van der Waals surface area contributed by atoms with Crippen LogP contribution in [-0.2, 0) is 0 Å². The minimum atomic E-state index is 0.556. The lowest BCUT2D eigenvalue weighted by Gasteiger charge is -2.18. The topological polar surface area (TPSA) is 67.6 Å². The van der Waals surface area contributed by atoms with Gasteiger partial charge in [-0.05, 0) is 25.8 Å². The number of aromatic amines is 1. The number of aromatic nitrogens is 3. The molecule has 2 aromatic heterocycles. The minimum absolute atomic E-state index is 0.556. The van der Waals surface area contributed by atoms with Gasteiger partial charge >= 0.3 is 0 Å². The summed E-state index contributed by atoms with van der Waals surface area (Å²) < 4.78 is 0. The molecule has 0 saturated heterocycles. The molecule has 1 fully saturated rings. The Bertz CT molecular complexity index is 537. The van der Waals surface area contributed by atoms with Crippen LogP contribution >= 0.6 is 11.3 Å². The van der Waals surface area contributed by atoms with Crippen LogP contribution in [-0.4, -0.2) is 15.2 Å². The van der Waals surface area contributed by atoms with Crippen LogP contribution in [0.1, 0.15) is 48.7 Å². The summed E-state index contributed by atoms with van der Waals surface area (Å²) in [6.45, 7) is 2.05. The highest BCUT2D eigenvalue weighted by atomic mass is 32.1. The highest BCUT2D eigenvalue weighted by Gasteiger charge is 2.20. The van der Waals surface area contributed by atoms with Gasteiger partial charge in [0, 0.05) is 10.8 Å². The maximum absolute atomic E-state index is 5.99. The van der Waals surface area contributed by atoms with Crippen LogP contribution in [0.25, 0.3) is 11.4 Å². The fourth-order valence-electron chi connectivity index (χ4n) is 2.66. The molecule has 0 atom stereocenters. The summed E-state index contributed by atoms with van der Waals surface area (Å²) in [5.41, 5.74) is 6.95. The Kier molecular flexibility index (Phi) is 3.07. The van der Waals surface area contributed by atoms with E-state index in [1.54, 1.807) is 11.3 Å². The summed E-state index contributed by atoms with van der Waals surface area (Å²) in [7, 11) is 0. The van der Waals surface area contributed by atoms with Crippen molar-refractivity contribution in [2.45, 2.75) is 44.9 Å². The maximum Gasteiger partial charge on any atom is 0.184 e. The Labute approximate surface area is 111 Å². The van der Waals surface area contributed by atoms with Crippen molar-refractivity contribution in [3.8, 4) is 11.4 Å². The van der Waals surface area contributed by atoms with Crippen LogP contribution in [0.3, 0.4) is 0 Å². The molecule has 18 heavy (non-hydrogen) atoms. The van der Waals surface area contributed by atoms with E-state index >= 15 is 0 Å². The predicted molar refractivity (Wildman–Crippen MR) is 74.7 cm³/mol. The Hall–Kier alpha value is -1.36. The van der Waals surface area contributed by atoms with E-state index in [1.165, 1.54) is 37.0 Å². The molecule has 1 saturated carbocycles. The van der Waals surface area contributed by atoms with Crippen LogP contribution < -0.4 is 5.73 Å². The average Bonchev–Trinajstić information content (AvgIpc) is 2.97. The number of anilines is 1. The number of aryl methyl sites for hydroxylation is 1. The fraction of sp³-hybridized carbons (Fsp3) is 0.538. The Morgan fingerprint density at radius 1 is 1.33 bits per heavy atom. The first-order chi connectivity index (χ1) is 8.74. The Morgan fingerprint density at radius 3 is 2.78 bits per heavy atom. The van der Waals surface area contributed by atoms with Crippen molar-refractivity contribution in [1.29, 1.82) is 0 Å². The van der Waals surface area contributed by atoms with Gasteiger partial charge in [-0.2, -0.15) is 5.10 Å². The standard InChI is InChI=1S/C13H18N4S/c1-8-7-10(11(14)18-8)13-15-12(16-17-13)9-5-3-2-4-6-9/h7,9H,2-6,14H2,1H3,(H,15,16,17). The first kappa shape index (κ1) is 11.7. The lowest BCUT2D eigenvalue weighted by molar-refractivity contribution is 0.429. The van der Waals surface area contributed by atoms with Gasteiger partial charge < -0.3 is 5.73 Å². The van der Waals surface area contributed by atoms with Gasteiger partial charge in [-0.15, -0.1) is 11.3 Å². The van der Waals surface area contributed by atoms with Gasteiger partial charge in [0.05, 0.1) is 10.6 Å². The van der Waals surface area contributed by atoms with E-state index in [2.05, 4.69) is 28.2 Å². The molecule has 4 nitrogen and oxygen atoms in total. The van der Waals surface area contributed by atoms with Crippen LogP contribution in [0, 0.1) is 6.92 Å². The molecule has 2 aromatic rings. The zero-order chi connectivity index (χ0) is 12.5. The lowest BCUT2D eigenvalue weighted by atomic mass is 9.89. The summed E-state index contributed by atoms with van der Waals surface area (Å²) >= 11 is 1.59. The summed E-state index contributed by atoms with van der Waals surface area (Å²) in [6, 6.07) is 2.06. The van der Waals surface area contributed by atoms with Gasteiger partial charge in [-0.25, -0.2) is 4.98 Å². The smallest absolute Gasteiger partial charge is 0.184 e. The van der Waals surface area contributed by atoms with Gasteiger partial charge in [-0.1, -0.05) is 19.3 Å². The van der Waals surface area contributed by atoms with E-state index in [1.807, 2.05) is 0 Å². The molecule has 0 aliphatic heterocycles. The van der Waals surface area contributed by atoms with E-state index in [0.29, 0.717) is 5.92 Å². The van der Waals surface area contributed by atoms with Crippen LogP contribution in [0.5, 0.6) is 0 Å². The highest BCUT2D eigenvalue weighted by Crippen LogP contribution is 2.34. The molecule has 0 bridgehead atoms. The van der Waals surface area contributed by atoms with Crippen molar-refractivity contribution < 1.29 is 0 Å². The first-order valence-corrected chi connectivity index (χ1v) is 7.34. The third kappa shape index (κ3) is 2.14. The monoisotopic (exact) mass is 262 g/mol. The number of nitrogen functional groups attached to an aromatic ring is 1. The second-order valence-corrected chi connectivity index (χ2v) is 6.30. The number of nitrogens with two attached hydrogens (primary N) is 1. The van der Waals surface area contributed by atoms with Crippen molar-refractivity contribution in [2.75, 3.05) is 5.73 Å². The molecular weight excluding hydrogens is 244 g/mol. The van der Waals surface area contributed by atoms with Crippen LogP contribution in [0.2, 0.25) is 0 Å². The molecule has 0 radical (unpaired) electrons. The number of nitrogens with zero attached hydrogens (tertiary/aromatic N) is 2. The van der Waals surface area contributed by atoms with E-state index in [9.17, 15) is 0 Å². The molecule has 0 amide bonds. The minimum Gasteiger partial charge on any atom is -0.390 e. The van der Waals surface area contributed by atoms with E-state index in [-0.39, 0.29) is 0 Å². The molecule has 3 N–H and O–H groups in total. The Morgan fingerprint density at radius 2 is 2.11 bits per heavy atom. The Balaban J connectivity index is 1.86. The van der Waals surface area contributed by atoms with Crippen molar-refractivity contribution >= 4 is 16.3 Å². The number of hydrogen-bond acceptors (Lipinski definition) is 4. The molecule has 1 aliphatic carbocycles. The summed E-state index contributed by atoms with van der Waals surface area (Å²) in [4.78, 5) is 5.84. The fourth-order valence-corrected chi connectivity index (χ4v) is 3.44. The molecule has 0 aromatic carbocycles. The maximum atomic E-state index is 5.99. The third-order valence-electron chi connectivity index (χ3n) is 3.62. The number of thiophene rings is 1. The molecule has 1 aliphatic rings. The molecule has 0 unspecified atom stereocenters. The molecule has 2 heterocycles. The summed E-state index contributed by atoms with van der Waals surface area (Å²) in [5, 5.41) is 8.23. The van der Waals surface area contributed by atoms with Gasteiger partial charge in [-0.3, -0.25) is 5.10 Å². The second-order valence-electron chi connectivity index (χ2n) is 5.01. The quantitative estimate of drug-likeness (QED) is 0.870. The molecule has 96 valence electrons. The molecule has 3 rings (SSSR count). The number of H-pyrrole nitrogens is 1. The zero-order valence-corrected chi connectivity index (χ0v) is 11.4. The van der Waals surface area contributed by atoms with Crippen LogP contribution in [0.15, 0.2) is 6.07 Å².